The van der Waals surface area contributed by atoms with Gasteiger partial charge in [0.25, 0.3) is 5.91 Å². The summed E-state index contributed by atoms with van der Waals surface area (Å²) >= 11 is 0. The smallest absolute Gasteiger partial charge is 0.252 e. The second kappa shape index (κ2) is 4.67. The molecule has 0 aromatic heterocycles. The molecule has 1 saturated carbocycles. The molecule has 5 N–H and O–H groups in total. The molecular weight excluding hydrogens is 214 g/mol. The first kappa shape index (κ1) is 13.4. The van der Waals surface area contributed by atoms with E-state index >= 15 is 0 Å². The molecule has 0 aromatic carbocycles. The highest BCUT2D eigenvalue weighted by Gasteiger charge is 2.48. The lowest BCUT2D eigenvalue weighted by Gasteiger charge is -2.39. The fraction of sp³-hybridized carbons (Fsp3) is 0.900. The topological polar surface area (TPSA) is 110 Å². The Hall–Kier alpha value is -0.690. The van der Waals surface area contributed by atoms with Gasteiger partial charge in [0.1, 0.15) is 11.7 Å². The Morgan fingerprint density at radius 2 is 1.69 bits per heavy atom. The van der Waals surface area contributed by atoms with Crippen molar-refractivity contribution in [1.29, 1.82) is 0 Å². The first-order valence-electron chi connectivity index (χ1n) is 5.34. The Morgan fingerprint density at radius 3 is 2.06 bits per heavy atom. The summed E-state index contributed by atoms with van der Waals surface area (Å²) in [7, 11) is 0. The average Bonchev–Trinajstić information content (AvgIpc) is 2.13. The highest BCUT2D eigenvalue weighted by Crippen LogP contribution is 2.29. The number of carbonyl (C=O) groups is 1. The highest BCUT2D eigenvalue weighted by atomic mass is 16.4. The Labute approximate surface area is 93.9 Å². The van der Waals surface area contributed by atoms with Crippen LogP contribution in [0, 0.1) is 0 Å². The molecule has 1 amide bonds. The Morgan fingerprint density at radius 1 is 1.25 bits per heavy atom. The molecule has 16 heavy (non-hydrogen) atoms. The van der Waals surface area contributed by atoms with Crippen LogP contribution in [0.1, 0.15) is 26.7 Å². The number of carbonyl (C=O) groups excluding carboxylic acids is 1. The maximum Gasteiger partial charge on any atom is 0.252 e. The molecule has 0 radical (unpaired) electrons. The Balaban J connectivity index is 2.74. The van der Waals surface area contributed by atoms with Crippen molar-refractivity contribution in [3.8, 4) is 0 Å². The quantitative estimate of drug-likeness (QED) is 0.383. The van der Waals surface area contributed by atoms with Gasteiger partial charge in [-0.3, -0.25) is 4.79 Å². The normalized spacial score (nSPS) is 39.8. The van der Waals surface area contributed by atoms with Gasteiger partial charge in [-0.05, 0) is 13.8 Å². The van der Waals surface area contributed by atoms with Crippen LogP contribution in [0.25, 0.3) is 0 Å². The van der Waals surface area contributed by atoms with Crippen LogP contribution in [0.2, 0.25) is 0 Å². The predicted octanol–water partition coefficient (Wildman–Crippen LogP) is -1.88. The maximum atomic E-state index is 11.7. The molecule has 0 heterocycles. The molecule has 1 fully saturated rings. The fourth-order valence-corrected chi connectivity index (χ4v) is 1.86. The number of nitrogens with one attached hydrogen (secondary N) is 1. The van der Waals surface area contributed by atoms with E-state index in [9.17, 15) is 25.2 Å². The summed E-state index contributed by atoms with van der Waals surface area (Å²) in [5.74, 6) is -0.632. The molecular formula is C10H19NO5. The second-order valence-corrected chi connectivity index (χ2v) is 4.69. The highest BCUT2D eigenvalue weighted by molar-refractivity contribution is 5.85. The van der Waals surface area contributed by atoms with Gasteiger partial charge in [0, 0.05) is 18.9 Å². The third kappa shape index (κ3) is 2.70. The van der Waals surface area contributed by atoms with E-state index in [-0.39, 0.29) is 18.9 Å². The number of aliphatic hydroxyl groups is 4. The lowest BCUT2D eigenvalue weighted by molar-refractivity contribution is -0.173. The molecule has 0 aromatic rings. The van der Waals surface area contributed by atoms with E-state index in [4.69, 9.17) is 0 Å². The van der Waals surface area contributed by atoms with E-state index in [1.54, 1.807) is 13.8 Å². The molecule has 0 aliphatic heterocycles. The van der Waals surface area contributed by atoms with Crippen LogP contribution in [-0.4, -0.2) is 56.3 Å². The van der Waals surface area contributed by atoms with E-state index in [1.807, 2.05) is 0 Å². The van der Waals surface area contributed by atoms with Gasteiger partial charge in [-0.2, -0.15) is 0 Å². The Bertz CT molecular complexity index is 256. The van der Waals surface area contributed by atoms with Crippen LogP contribution in [0.15, 0.2) is 0 Å². The zero-order valence-electron chi connectivity index (χ0n) is 9.42. The summed E-state index contributed by atoms with van der Waals surface area (Å²) in [5, 5.41) is 40.7. The molecule has 0 unspecified atom stereocenters. The molecule has 0 spiro atoms. The second-order valence-electron chi connectivity index (χ2n) is 4.69. The van der Waals surface area contributed by atoms with Crippen LogP contribution in [0.5, 0.6) is 0 Å². The molecule has 1 aliphatic rings. The summed E-state index contributed by atoms with van der Waals surface area (Å²) in [6.07, 6.45) is -4.46. The molecule has 2 atom stereocenters. The SMILES string of the molecule is CC(C)NC(=O)C1(O)C[C@@H](O)C(O)[C@H](O)C1. The van der Waals surface area contributed by atoms with Gasteiger partial charge in [0.15, 0.2) is 0 Å². The predicted molar refractivity (Wildman–Crippen MR) is 55.5 cm³/mol. The number of rotatable bonds is 2. The maximum absolute atomic E-state index is 11.7. The zero-order valence-corrected chi connectivity index (χ0v) is 9.42. The van der Waals surface area contributed by atoms with Gasteiger partial charge in [-0.25, -0.2) is 0 Å². The van der Waals surface area contributed by atoms with Crippen LogP contribution < -0.4 is 5.32 Å². The summed E-state index contributed by atoms with van der Waals surface area (Å²) in [4.78, 5) is 11.7. The lowest BCUT2D eigenvalue weighted by atomic mass is 9.79. The van der Waals surface area contributed by atoms with Crippen LogP contribution >= 0.6 is 0 Å². The van der Waals surface area contributed by atoms with E-state index in [0.717, 1.165) is 0 Å². The van der Waals surface area contributed by atoms with E-state index in [1.165, 1.54) is 0 Å². The minimum absolute atomic E-state index is 0.141. The third-order valence-corrected chi connectivity index (χ3v) is 2.72. The lowest BCUT2D eigenvalue weighted by Crippen LogP contribution is -2.59. The number of hydrogen-bond acceptors (Lipinski definition) is 5. The van der Waals surface area contributed by atoms with Crippen molar-refractivity contribution < 1.29 is 25.2 Å². The minimum Gasteiger partial charge on any atom is -0.390 e. The van der Waals surface area contributed by atoms with Crippen molar-refractivity contribution in [3.63, 3.8) is 0 Å². The average molecular weight is 233 g/mol. The first-order chi connectivity index (χ1) is 7.26. The minimum atomic E-state index is -1.82. The molecule has 1 aliphatic carbocycles. The van der Waals surface area contributed by atoms with Gasteiger partial charge in [0.2, 0.25) is 0 Å². The van der Waals surface area contributed by atoms with Crippen LogP contribution in [-0.2, 0) is 4.79 Å². The number of aliphatic hydroxyl groups excluding tert-OH is 3. The van der Waals surface area contributed by atoms with Gasteiger partial charge < -0.3 is 25.7 Å². The van der Waals surface area contributed by atoms with Crippen molar-refractivity contribution in [2.24, 2.45) is 0 Å². The van der Waals surface area contributed by atoms with Crippen molar-refractivity contribution in [2.75, 3.05) is 0 Å². The Kier molecular flexibility index (Phi) is 3.90. The zero-order chi connectivity index (χ0) is 12.5. The summed E-state index contributed by atoms with van der Waals surface area (Å²) in [5.41, 5.74) is -1.82. The molecule has 6 nitrogen and oxygen atoms in total. The van der Waals surface area contributed by atoms with Crippen LogP contribution in [0.3, 0.4) is 0 Å². The molecule has 94 valence electrons. The standard InChI is InChI=1S/C10H19NO5/c1-5(2)11-9(15)10(16)3-6(12)8(14)7(13)4-10/h5-8,12-14,16H,3-4H2,1-2H3,(H,11,15)/t6-,7-,8?,10?/m1/s1. The molecule has 0 saturated heterocycles. The number of hydrogen-bond donors (Lipinski definition) is 5. The third-order valence-electron chi connectivity index (χ3n) is 2.72. The van der Waals surface area contributed by atoms with Crippen LogP contribution in [0.4, 0.5) is 0 Å². The van der Waals surface area contributed by atoms with Crippen molar-refractivity contribution >= 4 is 5.91 Å². The van der Waals surface area contributed by atoms with Gasteiger partial charge in [0.05, 0.1) is 12.2 Å². The van der Waals surface area contributed by atoms with Crippen molar-refractivity contribution in [1.82, 2.24) is 5.32 Å². The fourth-order valence-electron chi connectivity index (χ4n) is 1.86. The molecule has 0 bridgehead atoms. The number of amides is 1. The molecule has 1 rings (SSSR count). The van der Waals surface area contributed by atoms with Crippen molar-refractivity contribution in [2.45, 2.75) is 56.6 Å². The largest absolute Gasteiger partial charge is 0.390 e. The van der Waals surface area contributed by atoms with Gasteiger partial charge in [-0.15, -0.1) is 0 Å². The van der Waals surface area contributed by atoms with E-state index < -0.39 is 29.8 Å². The van der Waals surface area contributed by atoms with Gasteiger partial charge in [-0.1, -0.05) is 0 Å². The van der Waals surface area contributed by atoms with Gasteiger partial charge >= 0.3 is 0 Å². The summed E-state index contributed by atoms with van der Waals surface area (Å²) in [6.45, 7) is 3.48. The molecule has 6 heteroatoms. The summed E-state index contributed by atoms with van der Waals surface area (Å²) in [6, 6.07) is -0.141. The van der Waals surface area contributed by atoms with Crippen molar-refractivity contribution in [3.05, 3.63) is 0 Å². The summed E-state index contributed by atoms with van der Waals surface area (Å²) < 4.78 is 0. The van der Waals surface area contributed by atoms with E-state index in [2.05, 4.69) is 5.32 Å². The van der Waals surface area contributed by atoms with E-state index in [0.29, 0.717) is 0 Å². The monoisotopic (exact) mass is 233 g/mol. The first-order valence-corrected chi connectivity index (χ1v) is 5.34.